The van der Waals surface area contributed by atoms with Gasteiger partial charge in [-0.25, -0.2) is 9.18 Å². The molecule has 7 heteroatoms. The molecule has 0 aliphatic carbocycles. The number of primary amides is 1. The first-order valence-corrected chi connectivity index (χ1v) is 8.71. The van der Waals surface area contributed by atoms with E-state index < -0.39 is 0 Å². The van der Waals surface area contributed by atoms with Crippen LogP contribution in [0.25, 0.3) is 0 Å². The maximum absolute atomic E-state index is 12.9. The lowest BCUT2D eigenvalue weighted by Gasteiger charge is -2.31. The van der Waals surface area contributed by atoms with Crippen molar-refractivity contribution in [1.29, 1.82) is 0 Å². The first kappa shape index (κ1) is 19.2. The van der Waals surface area contributed by atoms with Crippen LogP contribution in [0, 0.1) is 11.7 Å². The highest BCUT2D eigenvalue weighted by Gasteiger charge is 2.23. The molecule has 6 nitrogen and oxygen atoms in total. The zero-order chi connectivity index (χ0) is 18.2. The summed E-state index contributed by atoms with van der Waals surface area (Å²) in [6, 6.07) is 5.96. The first-order chi connectivity index (χ1) is 12.0. The molecule has 0 spiro atoms. The summed E-state index contributed by atoms with van der Waals surface area (Å²) in [4.78, 5) is 27.1. The Morgan fingerprint density at radius 3 is 2.76 bits per heavy atom. The van der Waals surface area contributed by atoms with Gasteiger partial charge < -0.3 is 20.9 Å². The van der Waals surface area contributed by atoms with Crippen molar-refractivity contribution < 1.29 is 14.0 Å². The van der Waals surface area contributed by atoms with E-state index in [0.29, 0.717) is 19.6 Å². The number of hydrogen-bond acceptors (Lipinski definition) is 3. The van der Waals surface area contributed by atoms with E-state index in [-0.39, 0.29) is 23.7 Å². The van der Waals surface area contributed by atoms with Crippen LogP contribution in [-0.4, -0.2) is 55.0 Å². The Morgan fingerprint density at radius 2 is 2.08 bits per heavy atom. The highest BCUT2D eigenvalue weighted by atomic mass is 19.1. The summed E-state index contributed by atoms with van der Waals surface area (Å²) in [5, 5.41) is 2.88. The third-order valence-corrected chi connectivity index (χ3v) is 4.51. The molecule has 25 heavy (non-hydrogen) atoms. The SMILES string of the molecule is CN(Cc1ccc(F)cc1)C(=O)NCCCN1CCCC(C(N)=O)C1. The van der Waals surface area contributed by atoms with E-state index in [0.717, 1.165) is 37.9 Å². The number of nitrogens with zero attached hydrogens (tertiary/aromatic N) is 2. The number of hydrogen-bond donors (Lipinski definition) is 2. The number of piperidine rings is 1. The van der Waals surface area contributed by atoms with Gasteiger partial charge in [0.1, 0.15) is 5.82 Å². The van der Waals surface area contributed by atoms with Gasteiger partial charge in [-0.05, 0) is 50.0 Å². The fraction of sp³-hybridized carbons (Fsp3) is 0.556. The Bertz CT molecular complexity index is 579. The Balaban J connectivity index is 1.64. The molecule has 1 atom stereocenters. The van der Waals surface area contributed by atoms with Gasteiger partial charge in [-0.1, -0.05) is 12.1 Å². The number of urea groups is 1. The van der Waals surface area contributed by atoms with Gasteiger partial charge in [0.2, 0.25) is 5.91 Å². The normalized spacial score (nSPS) is 17.9. The highest BCUT2D eigenvalue weighted by Crippen LogP contribution is 2.15. The number of nitrogens with two attached hydrogens (primary N) is 1. The van der Waals surface area contributed by atoms with Gasteiger partial charge in [-0.15, -0.1) is 0 Å². The number of likely N-dealkylation sites (tertiary alicyclic amines) is 1. The fourth-order valence-corrected chi connectivity index (χ4v) is 3.06. The maximum atomic E-state index is 12.9. The lowest BCUT2D eigenvalue weighted by atomic mass is 9.97. The molecule has 1 fully saturated rings. The number of nitrogens with one attached hydrogen (secondary N) is 1. The van der Waals surface area contributed by atoms with Crippen LogP contribution in [0.2, 0.25) is 0 Å². The second-order valence-corrected chi connectivity index (χ2v) is 6.61. The third kappa shape index (κ3) is 6.34. The van der Waals surface area contributed by atoms with E-state index in [4.69, 9.17) is 5.73 Å². The van der Waals surface area contributed by atoms with Gasteiger partial charge in [0.25, 0.3) is 0 Å². The van der Waals surface area contributed by atoms with Crippen molar-refractivity contribution in [1.82, 2.24) is 15.1 Å². The zero-order valence-corrected chi connectivity index (χ0v) is 14.7. The minimum atomic E-state index is -0.285. The lowest BCUT2D eigenvalue weighted by molar-refractivity contribution is -0.123. The van der Waals surface area contributed by atoms with Crippen molar-refractivity contribution in [3.8, 4) is 0 Å². The summed E-state index contributed by atoms with van der Waals surface area (Å²) in [7, 11) is 1.71. The second-order valence-electron chi connectivity index (χ2n) is 6.61. The number of amides is 3. The van der Waals surface area contributed by atoms with E-state index in [1.54, 1.807) is 24.1 Å². The molecular weight excluding hydrogens is 323 g/mol. The van der Waals surface area contributed by atoms with Crippen LogP contribution in [0.4, 0.5) is 9.18 Å². The molecule has 2 rings (SSSR count). The van der Waals surface area contributed by atoms with Gasteiger partial charge in [-0.2, -0.15) is 0 Å². The molecule has 0 aromatic heterocycles. The average Bonchev–Trinajstić information content (AvgIpc) is 2.60. The predicted octanol–water partition coefficient (Wildman–Crippen LogP) is 1.55. The van der Waals surface area contributed by atoms with Gasteiger partial charge in [0, 0.05) is 26.7 Å². The lowest BCUT2D eigenvalue weighted by Crippen LogP contribution is -2.42. The predicted molar refractivity (Wildman–Crippen MR) is 94.2 cm³/mol. The van der Waals surface area contributed by atoms with E-state index >= 15 is 0 Å². The Morgan fingerprint density at radius 1 is 1.36 bits per heavy atom. The minimum absolute atomic E-state index is 0.0508. The number of carbonyl (C=O) groups is 2. The van der Waals surface area contributed by atoms with Crippen LogP contribution in [0.15, 0.2) is 24.3 Å². The molecule has 0 saturated carbocycles. The summed E-state index contributed by atoms with van der Waals surface area (Å²) < 4.78 is 12.9. The maximum Gasteiger partial charge on any atom is 0.317 e. The second kappa shape index (κ2) is 9.36. The quantitative estimate of drug-likeness (QED) is 0.733. The number of benzene rings is 1. The molecule has 0 radical (unpaired) electrons. The van der Waals surface area contributed by atoms with Crippen molar-refractivity contribution in [2.45, 2.75) is 25.8 Å². The number of halogens is 1. The molecule has 1 aromatic carbocycles. The van der Waals surface area contributed by atoms with Crippen LogP contribution < -0.4 is 11.1 Å². The Hall–Kier alpha value is -2.15. The summed E-state index contributed by atoms with van der Waals surface area (Å²) in [6.45, 7) is 3.53. The van der Waals surface area contributed by atoms with Crippen molar-refractivity contribution in [3.05, 3.63) is 35.6 Å². The Kier molecular flexibility index (Phi) is 7.18. The van der Waals surface area contributed by atoms with Crippen molar-refractivity contribution in [2.24, 2.45) is 11.7 Å². The average molecular weight is 350 g/mol. The van der Waals surface area contributed by atoms with Crippen molar-refractivity contribution in [2.75, 3.05) is 33.2 Å². The van der Waals surface area contributed by atoms with E-state index in [2.05, 4.69) is 10.2 Å². The van der Waals surface area contributed by atoms with Gasteiger partial charge >= 0.3 is 6.03 Å². The molecule has 0 bridgehead atoms. The minimum Gasteiger partial charge on any atom is -0.369 e. The smallest absolute Gasteiger partial charge is 0.317 e. The fourth-order valence-electron chi connectivity index (χ4n) is 3.06. The molecular formula is C18H27FN4O2. The molecule has 1 aliphatic rings. The molecule has 1 heterocycles. The van der Waals surface area contributed by atoms with E-state index in [1.807, 2.05) is 0 Å². The van der Waals surface area contributed by atoms with Crippen LogP contribution in [0.1, 0.15) is 24.8 Å². The molecule has 138 valence electrons. The monoisotopic (exact) mass is 350 g/mol. The molecule has 3 N–H and O–H groups in total. The van der Waals surface area contributed by atoms with Gasteiger partial charge in [-0.3, -0.25) is 4.79 Å². The zero-order valence-electron chi connectivity index (χ0n) is 14.7. The molecule has 1 aromatic rings. The molecule has 1 saturated heterocycles. The summed E-state index contributed by atoms with van der Waals surface area (Å²) >= 11 is 0. The van der Waals surface area contributed by atoms with Crippen LogP contribution in [0.3, 0.4) is 0 Å². The van der Waals surface area contributed by atoms with Gasteiger partial charge in [0.15, 0.2) is 0 Å². The van der Waals surface area contributed by atoms with Crippen LogP contribution in [-0.2, 0) is 11.3 Å². The molecule has 1 unspecified atom stereocenters. The number of rotatable bonds is 7. The van der Waals surface area contributed by atoms with Crippen LogP contribution in [0.5, 0.6) is 0 Å². The summed E-state index contributed by atoms with van der Waals surface area (Å²) in [6.07, 6.45) is 2.68. The summed E-state index contributed by atoms with van der Waals surface area (Å²) in [5.74, 6) is -0.558. The van der Waals surface area contributed by atoms with Crippen molar-refractivity contribution >= 4 is 11.9 Å². The standard InChI is InChI=1S/C18H27FN4O2/c1-22(12-14-5-7-16(19)8-6-14)18(25)21-9-3-11-23-10-2-4-15(13-23)17(20)24/h5-8,15H,2-4,9-13H2,1H3,(H2,20,24)(H,21,25). The number of carbonyl (C=O) groups excluding carboxylic acids is 2. The molecule has 3 amide bonds. The molecule has 1 aliphatic heterocycles. The topological polar surface area (TPSA) is 78.7 Å². The third-order valence-electron chi connectivity index (χ3n) is 4.51. The first-order valence-electron chi connectivity index (χ1n) is 8.71. The van der Waals surface area contributed by atoms with Crippen LogP contribution >= 0.6 is 0 Å². The van der Waals surface area contributed by atoms with Crippen molar-refractivity contribution in [3.63, 3.8) is 0 Å². The highest BCUT2D eigenvalue weighted by molar-refractivity contribution is 5.77. The largest absolute Gasteiger partial charge is 0.369 e. The summed E-state index contributed by atoms with van der Waals surface area (Å²) in [5.41, 5.74) is 6.26. The van der Waals surface area contributed by atoms with E-state index in [1.165, 1.54) is 12.1 Å². The van der Waals surface area contributed by atoms with E-state index in [9.17, 15) is 14.0 Å². The van der Waals surface area contributed by atoms with Gasteiger partial charge in [0.05, 0.1) is 5.92 Å². The Labute approximate surface area is 148 Å².